The van der Waals surface area contributed by atoms with Gasteiger partial charge in [-0.25, -0.2) is 17.9 Å². The summed E-state index contributed by atoms with van der Waals surface area (Å²) in [6.45, 7) is 0.404. The second kappa shape index (κ2) is 10.5. The maximum absolute atomic E-state index is 13.0. The summed E-state index contributed by atoms with van der Waals surface area (Å²) in [5.41, 5.74) is 1.04. The van der Waals surface area contributed by atoms with E-state index in [4.69, 9.17) is 9.88 Å². The number of primary sulfonamides is 1. The van der Waals surface area contributed by atoms with E-state index in [0.29, 0.717) is 37.1 Å². The van der Waals surface area contributed by atoms with Crippen LogP contribution in [0.25, 0.3) is 0 Å². The fourth-order valence-electron chi connectivity index (χ4n) is 3.40. The van der Waals surface area contributed by atoms with E-state index in [1.165, 1.54) is 48.5 Å². The zero-order chi connectivity index (χ0) is 24.0. The van der Waals surface area contributed by atoms with E-state index in [1.807, 2.05) is 0 Å². The van der Waals surface area contributed by atoms with Gasteiger partial charge in [0.15, 0.2) is 6.61 Å². The Labute approximate surface area is 190 Å². The molecule has 176 valence electrons. The molecule has 1 aliphatic heterocycles. The van der Waals surface area contributed by atoms with Gasteiger partial charge < -0.3 is 15.0 Å². The lowest BCUT2D eigenvalue weighted by Crippen LogP contribution is -2.41. The van der Waals surface area contributed by atoms with Crippen molar-refractivity contribution in [2.24, 2.45) is 11.1 Å². The molecule has 2 amide bonds. The van der Waals surface area contributed by atoms with Crippen molar-refractivity contribution in [1.29, 1.82) is 0 Å². The lowest BCUT2D eigenvalue weighted by Gasteiger charge is -2.31. The summed E-state index contributed by atoms with van der Waals surface area (Å²) in [6.07, 6.45) is 0.813. The molecule has 0 spiro atoms. The highest BCUT2D eigenvalue weighted by Gasteiger charge is 2.29. The van der Waals surface area contributed by atoms with Gasteiger partial charge in [0.1, 0.15) is 5.82 Å². The van der Waals surface area contributed by atoms with Crippen molar-refractivity contribution in [3.63, 3.8) is 0 Å². The third kappa shape index (κ3) is 6.83. The molecule has 1 fully saturated rings. The summed E-state index contributed by atoms with van der Waals surface area (Å²) in [4.78, 5) is 38.3. The zero-order valence-corrected chi connectivity index (χ0v) is 18.5. The van der Waals surface area contributed by atoms with Crippen LogP contribution in [0.4, 0.5) is 4.39 Å². The maximum atomic E-state index is 13.0. The van der Waals surface area contributed by atoms with E-state index < -0.39 is 40.2 Å². The van der Waals surface area contributed by atoms with Gasteiger partial charge in [-0.1, -0.05) is 12.1 Å². The van der Waals surface area contributed by atoms with Crippen LogP contribution in [0, 0.1) is 11.7 Å². The van der Waals surface area contributed by atoms with E-state index in [1.54, 1.807) is 4.90 Å². The maximum Gasteiger partial charge on any atom is 0.309 e. The summed E-state index contributed by atoms with van der Waals surface area (Å²) in [5, 5.41) is 7.62. The van der Waals surface area contributed by atoms with Crippen LogP contribution in [-0.4, -0.2) is 50.8 Å². The molecule has 9 nitrogen and oxygen atoms in total. The SMILES string of the molecule is NS(=O)(=O)c1ccc(CNC(=O)COC(=O)C2CCN(C(=O)c3ccc(F)cc3)CC2)cc1. The highest BCUT2D eigenvalue weighted by atomic mass is 32.2. The van der Waals surface area contributed by atoms with Crippen molar-refractivity contribution in [2.45, 2.75) is 24.3 Å². The molecule has 0 unspecified atom stereocenters. The van der Waals surface area contributed by atoms with Crippen molar-refractivity contribution in [3.8, 4) is 0 Å². The number of nitrogens with two attached hydrogens (primary N) is 1. The van der Waals surface area contributed by atoms with Crippen LogP contribution in [0.2, 0.25) is 0 Å². The standard InChI is InChI=1S/C22H24FN3O6S/c23-18-5-3-16(4-6-18)21(28)26-11-9-17(10-12-26)22(29)32-14-20(27)25-13-15-1-7-19(8-2-15)33(24,30)31/h1-8,17H,9-14H2,(H,25,27)(H2,24,30,31). The average molecular weight is 478 g/mol. The Morgan fingerprint density at radius 3 is 2.21 bits per heavy atom. The van der Waals surface area contributed by atoms with Gasteiger partial charge in [-0.2, -0.15) is 0 Å². The first-order valence-corrected chi connectivity index (χ1v) is 11.8. The van der Waals surface area contributed by atoms with E-state index in [2.05, 4.69) is 5.32 Å². The Hall–Kier alpha value is -3.31. The Bertz CT molecular complexity index is 1110. The van der Waals surface area contributed by atoms with Crippen molar-refractivity contribution < 1.29 is 31.9 Å². The molecule has 2 aromatic rings. The number of carbonyl (C=O) groups is 3. The number of halogens is 1. The van der Waals surface area contributed by atoms with Crippen molar-refractivity contribution >= 4 is 27.8 Å². The molecule has 2 aromatic carbocycles. The average Bonchev–Trinajstić information content (AvgIpc) is 2.81. The summed E-state index contributed by atoms with van der Waals surface area (Å²) in [6, 6.07) is 11.0. The monoisotopic (exact) mass is 477 g/mol. The van der Waals surface area contributed by atoms with Crippen molar-refractivity contribution in [1.82, 2.24) is 10.2 Å². The van der Waals surface area contributed by atoms with E-state index in [9.17, 15) is 27.2 Å². The zero-order valence-electron chi connectivity index (χ0n) is 17.7. The Morgan fingerprint density at radius 2 is 1.64 bits per heavy atom. The number of ether oxygens (including phenoxy) is 1. The number of sulfonamides is 1. The molecule has 3 N–H and O–H groups in total. The number of rotatable bonds is 7. The van der Waals surface area contributed by atoms with E-state index >= 15 is 0 Å². The summed E-state index contributed by atoms with van der Waals surface area (Å²) >= 11 is 0. The van der Waals surface area contributed by atoms with Gasteiger partial charge in [0, 0.05) is 25.2 Å². The molecule has 11 heteroatoms. The first kappa shape index (κ1) is 24.3. The quantitative estimate of drug-likeness (QED) is 0.575. The summed E-state index contributed by atoms with van der Waals surface area (Å²) in [7, 11) is -3.78. The molecule has 0 radical (unpaired) electrons. The third-order valence-electron chi connectivity index (χ3n) is 5.29. The van der Waals surface area contributed by atoms with Crippen LogP contribution in [0.15, 0.2) is 53.4 Å². The second-order valence-corrected chi connectivity index (χ2v) is 9.21. The van der Waals surface area contributed by atoms with Gasteiger partial charge in [-0.3, -0.25) is 14.4 Å². The fourth-order valence-corrected chi connectivity index (χ4v) is 3.91. The highest BCUT2D eigenvalue weighted by molar-refractivity contribution is 7.89. The number of nitrogens with one attached hydrogen (secondary N) is 1. The molecule has 0 aromatic heterocycles. The van der Waals surface area contributed by atoms with Crippen LogP contribution in [0.3, 0.4) is 0 Å². The predicted octanol–water partition coefficient (Wildman–Crippen LogP) is 1.18. The van der Waals surface area contributed by atoms with Crippen molar-refractivity contribution in [2.75, 3.05) is 19.7 Å². The molecule has 1 saturated heterocycles. The Balaban J connectivity index is 1.39. The topological polar surface area (TPSA) is 136 Å². The fraction of sp³-hybridized carbons (Fsp3) is 0.318. The van der Waals surface area contributed by atoms with E-state index in [0.717, 1.165) is 0 Å². The van der Waals surface area contributed by atoms with Crippen LogP contribution in [-0.2, 0) is 30.9 Å². The second-order valence-electron chi connectivity index (χ2n) is 7.65. The van der Waals surface area contributed by atoms with Crippen LogP contribution in [0.5, 0.6) is 0 Å². The van der Waals surface area contributed by atoms with Gasteiger partial charge in [0.25, 0.3) is 11.8 Å². The molecule has 0 saturated carbocycles. The smallest absolute Gasteiger partial charge is 0.309 e. The van der Waals surface area contributed by atoms with Crippen molar-refractivity contribution in [3.05, 3.63) is 65.5 Å². The largest absolute Gasteiger partial charge is 0.455 e. The van der Waals surface area contributed by atoms with Gasteiger partial charge >= 0.3 is 5.97 Å². The number of nitrogens with zero attached hydrogens (tertiary/aromatic N) is 1. The molecule has 0 aliphatic carbocycles. The number of amides is 2. The minimum atomic E-state index is -3.78. The molecule has 1 heterocycles. The Morgan fingerprint density at radius 1 is 1.03 bits per heavy atom. The molecule has 1 aliphatic rings. The highest BCUT2D eigenvalue weighted by Crippen LogP contribution is 2.20. The number of benzene rings is 2. The Kier molecular flexibility index (Phi) is 7.77. The first-order valence-electron chi connectivity index (χ1n) is 10.2. The van der Waals surface area contributed by atoms with E-state index in [-0.39, 0.29) is 17.3 Å². The van der Waals surface area contributed by atoms with Gasteiger partial charge in [-0.15, -0.1) is 0 Å². The predicted molar refractivity (Wildman–Crippen MR) is 116 cm³/mol. The number of hydrogen-bond acceptors (Lipinski definition) is 6. The van der Waals surface area contributed by atoms with Gasteiger partial charge in [0.2, 0.25) is 10.0 Å². The minimum Gasteiger partial charge on any atom is -0.455 e. The normalized spacial score (nSPS) is 14.5. The third-order valence-corrected chi connectivity index (χ3v) is 6.22. The molecule has 0 bridgehead atoms. The van der Waals surface area contributed by atoms with Gasteiger partial charge in [0.05, 0.1) is 10.8 Å². The van der Waals surface area contributed by atoms with Gasteiger partial charge in [-0.05, 0) is 54.8 Å². The lowest BCUT2D eigenvalue weighted by atomic mass is 9.96. The molecule has 0 atom stereocenters. The molecular weight excluding hydrogens is 453 g/mol. The number of piperidine rings is 1. The summed E-state index contributed by atoms with van der Waals surface area (Å²) < 4.78 is 40.6. The number of likely N-dealkylation sites (tertiary alicyclic amines) is 1. The van der Waals surface area contributed by atoms with Crippen LogP contribution >= 0.6 is 0 Å². The first-order chi connectivity index (χ1) is 15.6. The molecular formula is C22H24FN3O6S. The van der Waals surface area contributed by atoms with Crippen LogP contribution < -0.4 is 10.5 Å². The number of carbonyl (C=O) groups excluding carboxylic acids is 3. The van der Waals surface area contributed by atoms with Crippen LogP contribution in [0.1, 0.15) is 28.8 Å². The lowest BCUT2D eigenvalue weighted by molar-refractivity contribution is -0.153. The molecule has 3 rings (SSSR count). The molecule has 33 heavy (non-hydrogen) atoms. The number of hydrogen-bond donors (Lipinski definition) is 2. The minimum absolute atomic E-state index is 0.0306. The number of esters is 1. The summed E-state index contributed by atoms with van der Waals surface area (Å²) in [5.74, 6) is -2.06.